The summed E-state index contributed by atoms with van der Waals surface area (Å²) in [5.74, 6) is 0.619. The molecule has 0 atom stereocenters. The molecule has 0 aliphatic carbocycles. The first kappa shape index (κ1) is 12.6. The fraction of sp³-hybridized carbons (Fsp3) is 0.250. The average Bonchev–Trinajstić information content (AvgIpc) is 2.25. The molecule has 0 fully saturated rings. The summed E-state index contributed by atoms with van der Waals surface area (Å²) in [5, 5.41) is 3.84. The van der Waals surface area contributed by atoms with Crippen molar-refractivity contribution in [2.45, 2.75) is 6.54 Å². The van der Waals surface area contributed by atoms with Gasteiger partial charge >= 0.3 is 0 Å². The maximum absolute atomic E-state index is 6.02. The van der Waals surface area contributed by atoms with E-state index in [0.29, 0.717) is 12.4 Å². The Morgan fingerprint density at radius 2 is 2.19 bits per heavy atom. The van der Waals surface area contributed by atoms with E-state index in [-0.39, 0.29) is 0 Å². The van der Waals surface area contributed by atoms with Crippen LogP contribution in [0.3, 0.4) is 0 Å². The highest BCUT2D eigenvalue weighted by atomic mass is 35.5. The second-order valence-electron chi connectivity index (χ2n) is 3.60. The Labute approximate surface area is 101 Å². The lowest BCUT2D eigenvalue weighted by Crippen LogP contribution is -2.13. The number of benzene rings is 1. The van der Waals surface area contributed by atoms with Gasteiger partial charge in [-0.15, -0.1) is 0 Å². The van der Waals surface area contributed by atoms with Crippen LogP contribution in [0.2, 0.25) is 5.02 Å². The van der Waals surface area contributed by atoms with Gasteiger partial charge in [0.05, 0.1) is 6.34 Å². The highest BCUT2D eigenvalue weighted by Gasteiger charge is 1.98. The van der Waals surface area contributed by atoms with Crippen molar-refractivity contribution in [1.29, 1.82) is 0 Å². The third kappa shape index (κ3) is 4.36. The molecular formula is C12H16ClN3. The number of nitrogens with one attached hydrogen (secondary N) is 1. The summed E-state index contributed by atoms with van der Waals surface area (Å²) in [6.07, 6.45) is 1.70. The van der Waals surface area contributed by atoms with E-state index in [1.165, 1.54) is 0 Å². The minimum atomic E-state index is 0.619. The van der Waals surface area contributed by atoms with E-state index >= 15 is 0 Å². The van der Waals surface area contributed by atoms with Crippen molar-refractivity contribution in [3.63, 3.8) is 0 Å². The van der Waals surface area contributed by atoms with Crippen LogP contribution in [0, 0.1) is 0 Å². The van der Waals surface area contributed by atoms with Crippen molar-refractivity contribution >= 4 is 17.9 Å². The fourth-order valence-electron chi connectivity index (χ4n) is 1.07. The van der Waals surface area contributed by atoms with Crippen molar-refractivity contribution in [1.82, 2.24) is 10.2 Å². The summed E-state index contributed by atoms with van der Waals surface area (Å²) in [6, 6.07) is 7.70. The normalized spacial score (nSPS) is 10.4. The maximum Gasteiger partial charge on any atom is 0.120 e. The lowest BCUT2D eigenvalue weighted by molar-refractivity contribution is 0.639. The molecule has 0 spiro atoms. The van der Waals surface area contributed by atoms with Gasteiger partial charge in [-0.3, -0.25) is 0 Å². The van der Waals surface area contributed by atoms with Crippen LogP contribution in [0.1, 0.15) is 5.56 Å². The number of hydrogen-bond acceptors (Lipinski definition) is 2. The van der Waals surface area contributed by atoms with Gasteiger partial charge in [-0.2, -0.15) is 0 Å². The van der Waals surface area contributed by atoms with Gasteiger partial charge in [0.2, 0.25) is 0 Å². The van der Waals surface area contributed by atoms with E-state index in [0.717, 1.165) is 10.6 Å². The second-order valence-corrected chi connectivity index (χ2v) is 4.01. The van der Waals surface area contributed by atoms with Crippen LogP contribution < -0.4 is 5.32 Å². The smallest absolute Gasteiger partial charge is 0.120 e. The summed E-state index contributed by atoms with van der Waals surface area (Å²) in [6.45, 7) is 4.42. The topological polar surface area (TPSA) is 27.6 Å². The zero-order valence-electron chi connectivity index (χ0n) is 9.57. The van der Waals surface area contributed by atoms with E-state index in [1.807, 2.05) is 43.3 Å². The Morgan fingerprint density at radius 3 is 2.81 bits per heavy atom. The molecular weight excluding hydrogens is 222 g/mol. The van der Waals surface area contributed by atoms with Crippen molar-refractivity contribution in [2.24, 2.45) is 4.99 Å². The molecule has 0 bridgehead atoms. The summed E-state index contributed by atoms with van der Waals surface area (Å²) >= 11 is 6.02. The molecule has 4 heteroatoms. The SMILES string of the molecule is C=C(/N=C\N(C)C)NCc1ccccc1Cl. The van der Waals surface area contributed by atoms with Crippen LogP contribution in [0.25, 0.3) is 0 Å². The quantitative estimate of drug-likeness (QED) is 0.630. The molecule has 0 unspecified atom stereocenters. The minimum absolute atomic E-state index is 0.619. The highest BCUT2D eigenvalue weighted by molar-refractivity contribution is 6.31. The van der Waals surface area contributed by atoms with Crippen molar-refractivity contribution < 1.29 is 0 Å². The molecule has 0 aliphatic rings. The Morgan fingerprint density at radius 1 is 1.50 bits per heavy atom. The molecule has 16 heavy (non-hydrogen) atoms. The maximum atomic E-state index is 6.02. The molecule has 0 saturated heterocycles. The highest BCUT2D eigenvalue weighted by Crippen LogP contribution is 2.14. The standard InChI is InChI=1S/C12H16ClN3/c1-10(15-9-16(2)3)14-8-11-6-4-5-7-12(11)13/h4-7,9,14H,1,8H2,2-3H3/b15-9-. The molecule has 1 rings (SSSR count). The Balaban J connectivity index is 2.46. The first-order valence-electron chi connectivity index (χ1n) is 4.96. The van der Waals surface area contributed by atoms with E-state index in [9.17, 15) is 0 Å². The van der Waals surface area contributed by atoms with Crippen LogP contribution in [-0.4, -0.2) is 25.3 Å². The first-order chi connectivity index (χ1) is 7.59. The Kier molecular flexibility index (Phi) is 4.86. The molecule has 1 aromatic carbocycles. The third-order valence-corrected chi connectivity index (χ3v) is 2.25. The van der Waals surface area contributed by atoms with Gasteiger partial charge in [0.15, 0.2) is 0 Å². The number of rotatable bonds is 5. The fourth-order valence-corrected chi connectivity index (χ4v) is 1.27. The van der Waals surface area contributed by atoms with E-state index in [2.05, 4.69) is 16.9 Å². The predicted octanol–water partition coefficient (Wildman–Crippen LogP) is 2.49. The van der Waals surface area contributed by atoms with Crippen LogP contribution in [0.5, 0.6) is 0 Å². The van der Waals surface area contributed by atoms with Gasteiger partial charge in [-0.1, -0.05) is 36.4 Å². The van der Waals surface area contributed by atoms with Gasteiger partial charge in [0.25, 0.3) is 0 Å². The van der Waals surface area contributed by atoms with E-state index in [4.69, 9.17) is 11.6 Å². The number of aliphatic imine (C=N–C) groups is 1. The third-order valence-electron chi connectivity index (χ3n) is 1.89. The largest absolute Gasteiger partial charge is 0.369 e. The molecule has 0 amide bonds. The van der Waals surface area contributed by atoms with Crippen LogP contribution in [-0.2, 0) is 6.54 Å². The number of hydrogen-bond donors (Lipinski definition) is 1. The molecule has 0 aromatic heterocycles. The lowest BCUT2D eigenvalue weighted by Gasteiger charge is -2.08. The minimum Gasteiger partial charge on any atom is -0.369 e. The molecule has 0 saturated carbocycles. The monoisotopic (exact) mass is 237 g/mol. The van der Waals surface area contributed by atoms with Gasteiger partial charge in [0.1, 0.15) is 5.82 Å². The van der Waals surface area contributed by atoms with Crippen LogP contribution >= 0.6 is 11.6 Å². The van der Waals surface area contributed by atoms with Gasteiger partial charge in [0, 0.05) is 25.7 Å². The molecule has 0 radical (unpaired) electrons. The van der Waals surface area contributed by atoms with Crippen molar-refractivity contribution in [3.05, 3.63) is 47.3 Å². The molecule has 86 valence electrons. The number of halogens is 1. The Bertz CT molecular complexity index is 386. The molecule has 0 aliphatic heterocycles. The summed E-state index contributed by atoms with van der Waals surface area (Å²) in [5.41, 5.74) is 1.03. The zero-order valence-corrected chi connectivity index (χ0v) is 10.3. The lowest BCUT2D eigenvalue weighted by atomic mass is 10.2. The average molecular weight is 238 g/mol. The first-order valence-corrected chi connectivity index (χ1v) is 5.34. The predicted molar refractivity (Wildman–Crippen MR) is 69.6 cm³/mol. The van der Waals surface area contributed by atoms with Gasteiger partial charge < -0.3 is 10.2 Å². The summed E-state index contributed by atoms with van der Waals surface area (Å²) in [4.78, 5) is 5.97. The van der Waals surface area contributed by atoms with Crippen LogP contribution in [0.15, 0.2) is 41.7 Å². The zero-order chi connectivity index (χ0) is 12.0. The summed E-state index contributed by atoms with van der Waals surface area (Å²) in [7, 11) is 3.82. The van der Waals surface area contributed by atoms with Gasteiger partial charge in [-0.05, 0) is 11.6 Å². The molecule has 3 nitrogen and oxygen atoms in total. The van der Waals surface area contributed by atoms with E-state index < -0.39 is 0 Å². The van der Waals surface area contributed by atoms with Gasteiger partial charge in [-0.25, -0.2) is 4.99 Å². The van der Waals surface area contributed by atoms with Crippen molar-refractivity contribution in [3.8, 4) is 0 Å². The second kappa shape index (κ2) is 6.18. The molecule has 1 N–H and O–H groups in total. The Hall–Kier alpha value is -1.48. The molecule has 0 heterocycles. The summed E-state index contributed by atoms with van der Waals surface area (Å²) < 4.78 is 0. The van der Waals surface area contributed by atoms with Crippen molar-refractivity contribution in [2.75, 3.05) is 14.1 Å². The molecule has 1 aromatic rings. The van der Waals surface area contributed by atoms with E-state index in [1.54, 1.807) is 6.34 Å². The van der Waals surface area contributed by atoms with Crippen LogP contribution in [0.4, 0.5) is 0 Å². The number of nitrogens with zero attached hydrogens (tertiary/aromatic N) is 2.